The van der Waals surface area contributed by atoms with Crippen LogP contribution in [0.3, 0.4) is 0 Å². The van der Waals surface area contributed by atoms with Crippen molar-refractivity contribution in [3.05, 3.63) is 34.9 Å². The van der Waals surface area contributed by atoms with Gasteiger partial charge >= 0.3 is 0 Å². The summed E-state index contributed by atoms with van der Waals surface area (Å²) < 4.78 is 5.55. The van der Waals surface area contributed by atoms with E-state index in [9.17, 15) is 4.79 Å². The molecule has 4 nitrogen and oxygen atoms in total. The van der Waals surface area contributed by atoms with Crippen LogP contribution in [0.2, 0.25) is 5.02 Å². The van der Waals surface area contributed by atoms with Crippen molar-refractivity contribution >= 4 is 29.9 Å². The molecule has 1 aliphatic heterocycles. The van der Waals surface area contributed by atoms with Crippen molar-refractivity contribution in [2.24, 2.45) is 11.3 Å². The zero-order valence-corrected chi connectivity index (χ0v) is 15.6. The average Bonchev–Trinajstić information content (AvgIpc) is 3.02. The molecule has 3 rings (SSSR count). The van der Waals surface area contributed by atoms with Gasteiger partial charge in [-0.25, -0.2) is 0 Å². The Labute approximate surface area is 155 Å². The lowest BCUT2D eigenvalue weighted by Crippen LogP contribution is -2.48. The maximum absolute atomic E-state index is 12.9. The Kier molecular flexibility index (Phi) is 6.93. The van der Waals surface area contributed by atoms with Gasteiger partial charge in [0.2, 0.25) is 5.91 Å². The average molecular weight is 373 g/mol. The number of benzene rings is 1. The number of ether oxygens (including phenoxy) is 1. The number of carbonyl (C=O) groups is 1. The fourth-order valence-electron chi connectivity index (χ4n) is 4.07. The Balaban J connectivity index is 0.00000208. The molecule has 134 valence electrons. The van der Waals surface area contributed by atoms with Gasteiger partial charge in [0, 0.05) is 25.2 Å². The number of rotatable bonds is 5. The zero-order valence-electron chi connectivity index (χ0n) is 14.0. The second kappa shape index (κ2) is 8.52. The molecule has 1 heterocycles. The molecule has 3 atom stereocenters. The van der Waals surface area contributed by atoms with Gasteiger partial charge in [0.15, 0.2) is 0 Å². The summed E-state index contributed by atoms with van der Waals surface area (Å²) in [5.74, 6) is 0.663. The standard InChI is InChI=1S/C18H25ClN2O2.ClH/c1-23-16(13-5-7-15(19)8-6-13)11-21-17(22)18-9-3-2-4-14(18)10-20-12-18;/h5-8,14,16,20H,2-4,9-12H2,1H3,(H,21,22);1H/t14-,16?,18+;/m0./s1. The fourth-order valence-corrected chi connectivity index (χ4v) is 4.19. The minimum Gasteiger partial charge on any atom is -0.375 e. The van der Waals surface area contributed by atoms with Crippen molar-refractivity contribution in [3.63, 3.8) is 0 Å². The molecule has 2 fully saturated rings. The Morgan fingerprint density at radius 2 is 2.17 bits per heavy atom. The van der Waals surface area contributed by atoms with Crippen molar-refractivity contribution in [3.8, 4) is 0 Å². The van der Waals surface area contributed by atoms with Gasteiger partial charge in [-0.2, -0.15) is 0 Å². The molecule has 1 saturated carbocycles. The highest BCUT2D eigenvalue weighted by Gasteiger charge is 2.49. The van der Waals surface area contributed by atoms with E-state index >= 15 is 0 Å². The highest BCUT2D eigenvalue weighted by atomic mass is 35.5. The van der Waals surface area contributed by atoms with Crippen LogP contribution >= 0.6 is 24.0 Å². The van der Waals surface area contributed by atoms with E-state index in [1.54, 1.807) is 7.11 Å². The van der Waals surface area contributed by atoms with Crippen molar-refractivity contribution < 1.29 is 9.53 Å². The third-order valence-electron chi connectivity index (χ3n) is 5.46. The smallest absolute Gasteiger partial charge is 0.227 e. The maximum Gasteiger partial charge on any atom is 0.227 e. The molecule has 0 spiro atoms. The topological polar surface area (TPSA) is 50.4 Å². The van der Waals surface area contributed by atoms with E-state index in [2.05, 4.69) is 10.6 Å². The van der Waals surface area contributed by atoms with Gasteiger partial charge in [0.25, 0.3) is 0 Å². The van der Waals surface area contributed by atoms with E-state index in [0.29, 0.717) is 17.5 Å². The molecule has 0 aromatic heterocycles. The molecular weight excluding hydrogens is 347 g/mol. The van der Waals surface area contributed by atoms with Crippen LogP contribution in [0, 0.1) is 11.3 Å². The third-order valence-corrected chi connectivity index (χ3v) is 5.72. The van der Waals surface area contributed by atoms with Gasteiger partial charge < -0.3 is 15.4 Å². The molecule has 0 bridgehead atoms. The normalized spacial score (nSPS) is 27.0. The quantitative estimate of drug-likeness (QED) is 0.832. The molecule has 2 N–H and O–H groups in total. The summed E-state index contributed by atoms with van der Waals surface area (Å²) in [6.45, 7) is 2.27. The molecule has 1 saturated heterocycles. The summed E-state index contributed by atoms with van der Waals surface area (Å²) in [5.41, 5.74) is 0.815. The highest BCUT2D eigenvalue weighted by molar-refractivity contribution is 6.30. The lowest BCUT2D eigenvalue weighted by atomic mass is 9.67. The summed E-state index contributed by atoms with van der Waals surface area (Å²) in [7, 11) is 1.67. The Morgan fingerprint density at radius 3 is 2.88 bits per heavy atom. The van der Waals surface area contributed by atoms with Gasteiger partial charge in [-0.3, -0.25) is 4.79 Å². The molecule has 24 heavy (non-hydrogen) atoms. The molecule has 0 radical (unpaired) electrons. The summed E-state index contributed by atoms with van der Waals surface area (Å²) >= 11 is 5.93. The van der Waals surface area contributed by atoms with Gasteiger partial charge in [-0.05, 0) is 43.0 Å². The molecule has 1 unspecified atom stereocenters. The van der Waals surface area contributed by atoms with Crippen LogP contribution in [0.1, 0.15) is 37.4 Å². The first kappa shape index (κ1) is 19.5. The second-order valence-corrected chi connectivity index (χ2v) is 7.15. The number of hydrogen-bond donors (Lipinski definition) is 2. The van der Waals surface area contributed by atoms with Gasteiger partial charge in [0.05, 0.1) is 11.5 Å². The number of hydrogen-bond acceptors (Lipinski definition) is 3. The minimum atomic E-state index is -0.212. The number of nitrogens with one attached hydrogen (secondary N) is 2. The largest absolute Gasteiger partial charge is 0.375 e. The SMILES string of the molecule is COC(CNC(=O)[C@@]12CCCC[C@H]1CNC2)c1ccc(Cl)cc1.Cl. The van der Waals surface area contributed by atoms with Crippen LogP contribution in [0.15, 0.2) is 24.3 Å². The molecule has 1 aliphatic carbocycles. The fraction of sp³-hybridized carbons (Fsp3) is 0.611. The summed E-state index contributed by atoms with van der Waals surface area (Å²) in [6, 6.07) is 7.59. The van der Waals surface area contributed by atoms with E-state index in [4.69, 9.17) is 16.3 Å². The summed E-state index contributed by atoms with van der Waals surface area (Å²) in [4.78, 5) is 12.9. The van der Waals surface area contributed by atoms with Crippen LogP contribution in [-0.4, -0.2) is 32.7 Å². The predicted octanol–water partition coefficient (Wildman–Crippen LogP) is 3.35. The van der Waals surface area contributed by atoms with Crippen LogP contribution in [0.5, 0.6) is 0 Å². The number of carbonyl (C=O) groups excluding carboxylic acids is 1. The van der Waals surface area contributed by atoms with Gasteiger partial charge in [-0.1, -0.05) is 36.6 Å². The van der Waals surface area contributed by atoms with Crippen LogP contribution in [0.4, 0.5) is 0 Å². The monoisotopic (exact) mass is 372 g/mol. The number of halogens is 2. The number of fused-ring (bicyclic) bond motifs is 1. The Morgan fingerprint density at radius 1 is 1.42 bits per heavy atom. The molecule has 2 aliphatic rings. The van der Waals surface area contributed by atoms with Gasteiger partial charge in [-0.15, -0.1) is 12.4 Å². The van der Waals surface area contributed by atoms with E-state index in [1.807, 2.05) is 24.3 Å². The van der Waals surface area contributed by atoms with E-state index in [0.717, 1.165) is 37.9 Å². The zero-order chi connectivity index (χ0) is 16.3. The van der Waals surface area contributed by atoms with E-state index < -0.39 is 0 Å². The predicted molar refractivity (Wildman–Crippen MR) is 98.7 cm³/mol. The Bertz CT molecular complexity index is 552. The minimum absolute atomic E-state index is 0. The molecule has 1 aromatic rings. The lowest BCUT2D eigenvalue weighted by molar-refractivity contribution is -0.134. The molecule has 1 amide bonds. The number of methoxy groups -OCH3 is 1. The van der Waals surface area contributed by atoms with Crippen LogP contribution in [0.25, 0.3) is 0 Å². The highest BCUT2D eigenvalue weighted by Crippen LogP contribution is 2.43. The first-order chi connectivity index (χ1) is 11.2. The number of amides is 1. The first-order valence-electron chi connectivity index (χ1n) is 8.43. The second-order valence-electron chi connectivity index (χ2n) is 6.72. The van der Waals surface area contributed by atoms with E-state index in [-0.39, 0.29) is 29.8 Å². The first-order valence-corrected chi connectivity index (χ1v) is 8.81. The van der Waals surface area contributed by atoms with Gasteiger partial charge in [0.1, 0.15) is 0 Å². The molecule has 1 aromatic carbocycles. The molecular formula is C18H26Cl2N2O2. The van der Waals surface area contributed by atoms with Crippen molar-refractivity contribution in [2.45, 2.75) is 31.8 Å². The Hall–Kier alpha value is -0.810. The molecule has 6 heteroatoms. The maximum atomic E-state index is 12.9. The summed E-state index contributed by atoms with van der Waals surface area (Å²) in [5, 5.41) is 7.26. The lowest BCUT2D eigenvalue weighted by Gasteiger charge is -2.37. The van der Waals surface area contributed by atoms with Crippen LogP contribution in [-0.2, 0) is 9.53 Å². The van der Waals surface area contributed by atoms with E-state index in [1.165, 1.54) is 6.42 Å². The van der Waals surface area contributed by atoms with Crippen molar-refractivity contribution in [2.75, 3.05) is 26.7 Å². The summed E-state index contributed by atoms with van der Waals surface area (Å²) in [6.07, 6.45) is 4.40. The third kappa shape index (κ3) is 3.88. The van der Waals surface area contributed by atoms with Crippen molar-refractivity contribution in [1.82, 2.24) is 10.6 Å². The van der Waals surface area contributed by atoms with Crippen molar-refractivity contribution in [1.29, 1.82) is 0 Å². The van der Waals surface area contributed by atoms with Crippen LogP contribution < -0.4 is 10.6 Å².